The second-order valence-corrected chi connectivity index (χ2v) is 1.32. The van der Waals surface area contributed by atoms with E-state index < -0.39 is 0 Å². The van der Waals surface area contributed by atoms with Crippen molar-refractivity contribution in [3.63, 3.8) is 0 Å². The van der Waals surface area contributed by atoms with Crippen LogP contribution in [0.1, 0.15) is 0 Å². The summed E-state index contributed by atoms with van der Waals surface area (Å²) >= 11 is 0. The fourth-order valence-electron chi connectivity index (χ4n) is 0.383. The van der Waals surface area contributed by atoms with Gasteiger partial charge in [-0.15, -0.1) is 0 Å². The van der Waals surface area contributed by atoms with E-state index >= 15 is 0 Å². The second kappa shape index (κ2) is 2.28. The molecule has 1 N–H and O–H groups in total. The summed E-state index contributed by atoms with van der Waals surface area (Å²) in [5.74, 6) is 0. The Morgan fingerprint density at radius 2 is 2.25 bits per heavy atom. The molecule has 1 rings (SSSR count). The highest BCUT2D eigenvalue weighted by Crippen LogP contribution is 1.88. The van der Waals surface area contributed by atoms with Crippen molar-refractivity contribution in [2.24, 2.45) is 4.99 Å². The van der Waals surface area contributed by atoms with Crippen LogP contribution in [0.15, 0.2) is 29.7 Å². The van der Waals surface area contributed by atoms with Gasteiger partial charge in [0.2, 0.25) is 0 Å². The molecule has 0 aromatic carbocycles. The molecule has 0 fully saturated rings. The lowest BCUT2D eigenvalue weighted by Gasteiger charge is -1.99. The van der Waals surface area contributed by atoms with Gasteiger partial charge in [-0.25, -0.2) is 5.06 Å². The summed E-state index contributed by atoms with van der Waals surface area (Å²) in [6.45, 7) is 0. The molecule has 1 aliphatic rings. The Balaban J connectivity index is 2.66. The maximum absolute atomic E-state index is 8.67. The Labute approximate surface area is 47.2 Å². The van der Waals surface area contributed by atoms with Gasteiger partial charge in [0.05, 0.1) is 6.20 Å². The largest absolute Gasteiger partial charge is 0.285 e. The van der Waals surface area contributed by atoms with Gasteiger partial charge in [-0.1, -0.05) is 0 Å². The van der Waals surface area contributed by atoms with Crippen LogP contribution in [0.2, 0.25) is 0 Å². The molecule has 0 aromatic rings. The smallest absolute Gasteiger partial charge is 0.0507 e. The fourth-order valence-corrected chi connectivity index (χ4v) is 0.383. The van der Waals surface area contributed by atoms with Crippen LogP contribution in [-0.4, -0.2) is 16.5 Å². The van der Waals surface area contributed by atoms with E-state index in [-0.39, 0.29) is 0 Å². The molecule has 0 unspecified atom stereocenters. The number of aliphatic imine (C=N–C) groups is 1. The molecule has 42 valence electrons. The van der Waals surface area contributed by atoms with Crippen molar-refractivity contribution in [1.82, 2.24) is 5.06 Å². The highest BCUT2D eigenvalue weighted by Gasteiger charge is 1.82. The zero-order chi connectivity index (χ0) is 5.82. The van der Waals surface area contributed by atoms with Gasteiger partial charge in [-0.3, -0.25) is 10.2 Å². The molecular formula is C5H6N2O. The second-order valence-electron chi connectivity index (χ2n) is 1.32. The molecule has 0 bridgehead atoms. The van der Waals surface area contributed by atoms with E-state index in [9.17, 15) is 0 Å². The molecule has 0 saturated heterocycles. The molecule has 1 heterocycles. The third kappa shape index (κ3) is 1.20. The number of hydroxylamine groups is 2. The highest BCUT2D eigenvalue weighted by atomic mass is 16.5. The molecule has 0 spiro atoms. The Hall–Kier alpha value is -1.09. The Morgan fingerprint density at radius 1 is 1.38 bits per heavy atom. The summed E-state index contributed by atoms with van der Waals surface area (Å²) in [4.78, 5) is 3.73. The van der Waals surface area contributed by atoms with E-state index in [0.29, 0.717) is 0 Å². The summed E-state index contributed by atoms with van der Waals surface area (Å²) in [5, 5.41) is 9.61. The Morgan fingerprint density at radius 3 is 3.12 bits per heavy atom. The summed E-state index contributed by atoms with van der Waals surface area (Å²) in [7, 11) is 0. The standard InChI is InChI=1S/C5H6N2O/c8-7-4-1-2-6-3-5-7/h1-5,8H. The van der Waals surface area contributed by atoms with Crippen molar-refractivity contribution in [3.8, 4) is 0 Å². The van der Waals surface area contributed by atoms with Gasteiger partial charge >= 0.3 is 0 Å². The normalized spacial score (nSPS) is 16.9. The first-order valence-electron chi connectivity index (χ1n) is 2.23. The van der Waals surface area contributed by atoms with E-state index in [1.165, 1.54) is 18.6 Å². The van der Waals surface area contributed by atoms with Crippen LogP contribution in [0.3, 0.4) is 0 Å². The fraction of sp³-hybridized carbons (Fsp3) is 0. The topological polar surface area (TPSA) is 35.8 Å². The van der Waals surface area contributed by atoms with Crippen LogP contribution in [0, 0.1) is 0 Å². The highest BCUT2D eigenvalue weighted by molar-refractivity contribution is 5.71. The Kier molecular flexibility index (Phi) is 1.44. The molecule has 3 nitrogen and oxygen atoms in total. The molecule has 0 atom stereocenters. The summed E-state index contributed by atoms with van der Waals surface area (Å²) in [6, 6.07) is 0. The number of nitrogens with zero attached hydrogens (tertiary/aromatic N) is 2. The van der Waals surface area contributed by atoms with Crippen LogP contribution in [-0.2, 0) is 0 Å². The first-order chi connectivity index (χ1) is 3.89. The molecule has 3 heteroatoms. The molecule has 0 aromatic heterocycles. The molecule has 0 radical (unpaired) electrons. The quantitative estimate of drug-likeness (QED) is 0.499. The number of hydrogen-bond donors (Lipinski definition) is 1. The predicted octanol–water partition coefficient (Wildman–Crippen LogP) is 0.747. The van der Waals surface area contributed by atoms with Gasteiger partial charge in [0.1, 0.15) is 0 Å². The van der Waals surface area contributed by atoms with Crippen molar-refractivity contribution in [2.75, 3.05) is 0 Å². The zero-order valence-electron chi connectivity index (χ0n) is 4.23. The van der Waals surface area contributed by atoms with Crippen molar-refractivity contribution in [2.45, 2.75) is 0 Å². The van der Waals surface area contributed by atoms with Gasteiger partial charge in [-0.05, 0) is 6.08 Å². The van der Waals surface area contributed by atoms with Crippen molar-refractivity contribution in [3.05, 3.63) is 24.7 Å². The minimum Gasteiger partial charge on any atom is -0.285 e. The van der Waals surface area contributed by atoms with Crippen molar-refractivity contribution in [1.29, 1.82) is 0 Å². The summed E-state index contributed by atoms with van der Waals surface area (Å²) in [6.07, 6.45) is 7.67. The monoisotopic (exact) mass is 110 g/mol. The molecule has 0 amide bonds. The van der Waals surface area contributed by atoms with E-state index in [1.807, 2.05) is 0 Å². The lowest BCUT2D eigenvalue weighted by molar-refractivity contribution is 0.0117. The first kappa shape index (κ1) is 5.05. The number of allylic oxidation sites excluding steroid dienone is 1. The van der Waals surface area contributed by atoms with E-state index in [0.717, 1.165) is 5.06 Å². The molecule has 1 aliphatic heterocycles. The average molecular weight is 110 g/mol. The molecule has 0 aliphatic carbocycles. The van der Waals surface area contributed by atoms with Crippen LogP contribution in [0.4, 0.5) is 0 Å². The maximum Gasteiger partial charge on any atom is 0.0507 e. The predicted molar refractivity (Wildman–Crippen MR) is 30.4 cm³/mol. The minimum atomic E-state index is 0.938. The van der Waals surface area contributed by atoms with Crippen LogP contribution in [0.5, 0.6) is 0 Å². The van der Waals surface area contributed by atoms with Crippen molar-refractivity contribution < 1.29 is 5.21 Å². The summed E-state index contributed by atoms with van der Waals surface area (Å²) < 4.78 is 0. The maximum atomic E-state index is 8.67. The van der Waals surface area contributed by atoms with E-state index in [4.69, 9.17) is 5.21 Å². The minimum absolute atomic E-state index is 0.938. The van der Waals surface area contributed by atoms with Gasteiger partial charge < -0.3 is 0 Å². The molecule has 0 saturated carbocycles. The summed E-state index contributed by atoms with van der Waals surface area (Å²) in [5.41, 5.74) is 0. The van der Waals surface area contributed by atoms with Gasteiger partial charge in [0, 0.05) is 18.6 Å². The van der Waals surface area contributed by atoms with Gasteiger partial charge in [0.25, 0.3) is 0 Å². The van der Waals surface area contributed by atoms with Crippen molar-refractivity contribution >= 4 is 6.21 Å². The Bertz CT molecular complexity index is 133. The molecular weight excluding hydrogens is 104 g/mol. The van der Waals surface area contributed by atoms with Gasteiger partial charge in [-0.2, -0.15) is 0 Å². The molecule has 8 heavy (non-hydrogen) atoms. The SMILES string of the molecule is ON1C=CC=NC=C1. The number of rotatable bonds is 0. The lowest BCUT2D eigenvalue weighted by Crippen LogP contribution is -1.98. The third-order valence-electron chi connectivity index (χ3n) is 0.716. The first-order valence-corrected chi connectivity index (χ1v) is 2.23. The lowest BCUT2D eigenvalue weighted by atomic mass is 10.7. The average Bonchev–Trinajstić information content (AvgIpc) is 1.94. The van der Waals surface area contributed by atoms with Gasteiger partial charge in [0.15, 0.2) is 0 Å². The van der Waals surface area contributed by atoms with Crippen LogP contribution in [0.25, 0.3) is 0 Å². The van der Waals surface area contributed by atoms with E-state index in [1.54, 1.807) is 12.3 Å². The van der Waals surface area contributed by atoms with Crippen LogP contribution >= 0.6 is 0 Å². The van der Waals surface area contributed by atoms with Crippen LogP contribution < -0.4 is 0 Å². The zero-order valence-corrected chi connectivity index (χ0v) is 4.23. The number of hydrogen-bond acceptors (Lipinski definition) is 3. The third-order valence-corrected chi connectivity index (χ3v) is 0.716. The van der Waals surface area contributed by atoms with E-state index in [2.05, 4.69) is 4.99 Å².